The molecule has 3 rings (SSSR count). The van der Waals surface area contributed by atoms with Crippen LogP contribution >= 0.6 is 27.3 Å². The Bertz CT molecular complexity index is 760. The van der Waals surface area contributed by atoms with E-state index in [1.807, 2.05) is 4.90 Å². The van der Waals surface area contributed by atoms with Gasteiger partial charge in [-0.3, -0.25) is 9.69 Å². The minimum absolute atomic E-state index is 0.115. The van der Waals surface area contributed by atoms with E-state index >= 15 is 0 Å². The fraction of sp³-hybridized carbons (Fsp3) is 0.632. The Morgan fingerprint density at radius 1 is 1.26 bits per heavy atom. The Kier molecular flexibility index (Phi) is 6.70. The van der Waals surface area contributed by atoms with Crippen LogP contribution in [0.1, 0.15) is 50.2 Å². The van der Waals surface area contributed by atoms with Gasteiger partial charge in [-0.1, -0.05) is 25.9 Å². The second-order valence-corrected chi connectivity index (χ2v) is 10.5. The summed E-state index contributed by atoms with van der Waals surface area (Å²) in [4.78, 5) is 22.6. The summed E-state index contributed by atoms with van der Waals surface area (Å²) >= 11 is 5.28. The highest BCUT2D eigenvalue weighted by molar-refractivity contribution is 9.11. The predicted molar refractivity (Wildman–Crippen MR) is 110 cm³/mol. The van der Waals surface area contributed by atoms with Crippen molar-refractivity contribution in [2.45, 2.75) is 52.0 Å². The largest absolute Gasteiger partial charge is 0.340 e. The molecule has 0 radical (unpaired) electrons. The third-order valence-corrected chi connectivity index (χ3v) is 6.26. The summed E-state index contributed by atoms with van der Waals surface area (Å²) in [6.07, 6.45) is 1.93. The highest BCUT2D eigenvalue weighted by atomic mass is 79.9. The van der Waals surface area contributed by atoms with Gasteiger partial charge in [0.05, 0.1) is 3.79 Å². The fourth-order valence-electron chi connectivity index (χ4n) is 3.02. The molecule has 0 saturated carbocycles. The van der Waals surface area contributed by atoms with Gasteiger partial charge in [-0.25, -0.2) is 0 Å². The van der Waals surface area contributed by atoms with Crippen molar-refractivity contribution in [2.24, 2.45) is 0 Å². The van der Waals surface area contributed by atoms with Gasteiger partial charge in [-0.05, 0) is 34.5 Å². The van der Waals surface area contributed by atoms with E-state index in [1.165, 1.54) is 8.66 Å². The van der Waals surface area contributed by atoms with E-state index in [-0.39, 0.29) is 11.3 Å². The van der Waals surface area contributed by atoms with Crippen LogP contribution in [0.3, 0.4) is 0 Å². The van der Waals surface area contributed by atoms with E-state index in [2.05, 4.69) is 63.9 Å². The Labute approximate surface area is 173 Å². The van der Waals surface area contributed by atoms with Crippen LogP contribution in [0.2, 0.25) is 0 Å². The van der Waals surface area contributed by atoms with Crippen molar-refractivity contribution in [1.82, 2.24) is 19.9 Å². The standard InChI is InChI=1S/C19H27BrN4O2S/c1-19(2,3)18-21-16(26-22-18)5-4-6-17(25)24-11-9-23(10-12-24)13-14-7-8-15(20)27-14/h7-8H,4-6,9-13H2,1-3H3. The third kappa shape index (κ3) is 5.86. The molecule has 8 heteroatoms. The van der Waals surface area contributed by atoms with Gasteiger partial charge in [0.25, 0.3) is 0 Å². The second-order valence-electron chi connectivity index (χ2n) is 7.98. The van der Waals surface area contributed by atoms with Crippen molar-refractivity contribution in [3.05, 3.63) is 32.5 Å². The molecule has 1 aliphatic heterocycles. The molecule has 0 aliphatic carbocycles. The number of hydrogen-bond donors (Lipinski definition) is 0. The first-order valence-corrected chi connectivity index (χ1v) is 11.0. The maximum atomic E-state index is 12.5. The first-order valence-electron chi connectivity index (χ1n) is 9.38. The molecule has 3 heterocycles. The predicted octanol–water partition coefficient (Wildman–Crippen LogP) is 3.86. The summed E-state index contributed by atoms with van der Waals surface area (Å²) in [6.45, 7) is 10.6. The zero-order valence-electron chi connectivity index (χ0n) is 16.2. The molecule has 1 saturated heterocycles. The summed E-state index contributed by atoms with van der Waals surface area (Å²) < 4.78 is 6.46. The lowest BCUT2D eigenvalue weighted by Crippen LogP contribution is -2.48. The number of piperazine rings is 1. The summed E-state index contributed by atoms with van der Waals surface area (Å²) in [6, 6.07) is 4.25. The van der Waals surface area contributed by atoms with E-state index in [9.17, 15) is 4.79 Å². The summed E-state index contributed by atoms with van der Waals surface area (Å²) in [5, 5.41) is 4.03. The van der Waals surface area contributed by atoms with Gasteiger partial charge in [0, 0.05) is 55.9 Å². The van der Waals surface area contributed by atoms with Crippen molar-refractivity contribution in [3.8, 4) is 0 Å². The van der Waals surface area contributed by atoms with E-state index in [0.717, 1.165) is 45.0 Å². The highest BCUT2D eigenvalue weighted by Crippen LogP contribution is 2.24. The van der Waals surface area contributed by atoms with Crippen LogP contribution in [0.5, 0.6) is 0 Å². The molecule has 0 spiro atoms. The zero-order chi connectivity index (χ0) is 19.4. The molecular formula is C19H27BrN4O2S. The van der Waals surface area contributed by atoms with E-state index in [4.69, 9.17) is 4.52 Å². The molecule has 148 valence electrons. The number of halogens is 1. The fourth-order valence-corrected chi connectivity index (χ4v) is 4.55. The number of thiophene rings is 1. The summed E-state index contributed by atoms with van der Waals surface area (Å²) in [5.41, 5.74) is -0.115. The van der Waals surface area contributed by atoms with Gasteiger partial charge >= 0.3 is 0 Å². The molecule has 0 aromatic carbocycles. The number of nitrogens with zero attached hydrogens (tertiary/aromatic N) is 4. The van der Waals surface area contributed by atoms with Crippen LogP contribution in [0.4, 0.5) is 0 Å². The van der Waals surface area contributed by atoms with Crippen LogP contribution in [-0.4, -0.2) is 52.0 Å². The van der Waals surface area contributed by atoms with Crippen molar-refractivity contribution >= 4 is 33.2 Å². The van der Waals surface area contributed by atoms with Crippen LogP contribution in [0, 0.1) is 0 Å². The Balaban J connectivity index is 1.37. The van der Waals surface area contributed by atoms with Crippen LogP contribution in [0.15, 0.2) is 20.4 Å². The van der Waals surface area contributed by atoms with Crippen LogP contribution < -0.4 is 0 Å². The molecule has 1 aliphatic rings. The van der Waals surface area contributed by atoms with E-state index in [0.29, 0.717) is 18.7 Å². The molecule has 2 aromatic rings. The summed E-state index contributed by atoms with van der Waals surface area (Å²) in [7, 11) is 0. The SMILES string of the molecule is CC(C)(C)c1noc(CCCC(=O)N2CCN(Cc3ccc(Br)s3)CC2)n1. The molecule has 2 aromatic heterocycles. The van der Waals surface area contributed by atoms with Crippen molar-refractivity contribution in [1.29, 1.82) is 0 Å². The van der Waals surface area contributed by atoms with Crippen molar-refractivity contribution < 1.29 is 9.32 Å². The van der Waals surface area contributed by atoms with Crippen LogP contribution in [-0.2, 0) is 23.2 Å². The Morgan fingerprint density at radius 2 is 2.00 bits per heavy atom. The van der Waals surface area contributed by atoms with Gasteiger partial charge in [-0.2, -0.15) is 4.98 Å². The third-order valence-electron chi connectivity index (χ3n) is 4.65. The van der Waals surface area contributed by atoms with Crippen LogP contribution in [0.25, 0.3) is 0 Å². The van der Waals surface area contributed by atoms with Gasteiger partial charge < -0.3 is 9.42 Å². The number of aryl methyl sites for hydroxylation is 1. The lowest BCUT2D eigenvalue weighted by atomic mass is 9.96. The van der Waals surface area contributed by atoms with Gasteiger partial charge in [0.15, 0.2) is 5.82 Å². The highest BCUT2D eigenvalue weighted by Gasteiger charge is 2.23. The van der Waals surface area contributed by atoms with E-state index in [1.54, 1.807) is 11.3 Å². The van der Waals surface area contributed by atoms with E-state index < -0.39 is 0 Å². The quantitative estimate of drug-likeness (QED) is 0.662. The molecule has 1 fully saturated rings. The average molecular weight is 455 g/mol. The number of aromatic nitrogens is 2. The minimum Gasteiger partial charge on any atom is -0.340 e. The number of rotatable bonds is 6. The molecule has 0 N–H and O–H groups in total. The normalized spacial score (nSPS) is 16.1. The monoisotopic (exact) mass is 454 g/mol. The number of carbonyl (C=O) groups excluding carboxylic acids is 1. The Hall–Kier alpha value is -1.25. The molecular weight excluding hydrogens is 428 g/mol. The van der Waals surface area contributed by atoms with Gasteiger partial charge in [-0.15, -0.1) is 11.3 Å². The summed E-state index contributed by atoms with van der Waals surface area (Å²) in [5.74, 6) is 1.57. The average Bonchev–Trinajstić information content (AvgIpc) is 3.24. The molecule has 0 atom stereocenters. The topological polar surface area (TPSA) is 62.5 Å². The van der Waals surface area contributed by atoms with Gasteiger partial charge in [0.1, 0.15) is 0 Å². The minimum atomic E-state index is -0.115. The maximum absolute atomic E-state index is 12.5. The lowest BCUT2D eigenvalue weighted by molar-refractivity contribution is -0.133. The molecule has 27 heavy (non-hydrogen) atoms. The lowest BCUT2D eigenvalue weighted by Gasteiger charge is -2.34. The number of hydrogen-bond acceptors (Lipinski definition) is 6. The molecule has 6 nitrogen and oxygen atoms in total. The first kappa shape index (κ1) is 20.5. The smallest absolute Gasteiger partial charge is 0.226 e. The van der Waals surface area contributed by atoms with Gasteiger partial charge in [0.2, 0.25) is 11.8 Å². The second kappa shape index (κ2) is 8.84. The maximum Gasteiger partial charge on any atom is 0.226 e. The molecule has 0 bridgehead atoms. The molecule has 1 amide bonds. The van der Waals surface area contributed by atoms with Crippen molar-refractivity contribution in [3.63, 3.8) is 0 Å². The van der Waals surface area contributed by atoms with Crippen molar-refractivity contribution in [2.75, 3.05) is 26.2 Å². The number of amides is 1. The zero-order valence-corrected chi connectivity index (χ0v) is 18.6. The Morgan fingerprint density at radius 3 is 2.59 bits per heavy atom. The molecule has 0 unspecified atom stereocenters. The first-order chi connectivity index (χ1) is 12.8. The number of carbonyl (C=O) groups is 1.